The molecule has 0 amide bonds. The van der Waals surface area contributed by atoms with Gasteiger partial charge in [0.05, 0.1) is 13.7 Å². The zero-order valence-electron chi connectivity index (χ0n) is 16.4. The fraction of sp³-hybridized carbons (Fsp3) is 0.261. The van der Waals surface area contributed by atoms with Crippen molar-refractivity contribution in [2.45, 2.75) is 26.6 Å². The van der Waals surface area contributed by atoms with Crippen LogP contribution in [0.3, 0.4) is 0 Å². The smallest absolute Gasteiger partial charge is 0.217 e. The minimum absolute atomic E-state index is 0.513. The fourth-order valence-electron chi connectivity index (χ4n) is 2.87. The van der Waals surface area contributed by atoms with E-state index in [9.17, 15) is 0 Å². The Bertz CT molecular complexity index is 869. The van der Waals surface area contributed by atoms with Crippen molar-refractivity contribution < 1.29 is 14.2 Å². The van der Waals surface area contributed by atoms with Gasteiger partial charge in [-0.15, -0.1) is 0 Å². The Hall–Kier alpha value is -3.05. The molecule has 1 N–H and O–H groups in total. The summed E-state index contributed by atoms with van der Waals surface area (Å²) in [7, 11) is 1.63. The van der Waals surface area contributed by atoms with E-state index in [1.807, 2.05) is 61.5 Å². The van der Waals surface area contributed by atoms with Crippen molar-refractivity contribution in [3.05, 3.63) is 83.6 Å². The summed E-state index contributed by atoms with van der Waals surface area (Å²) in [6, 6.07) is 20.1. The maximum Gasteiger partial charge on any atom is 0.217 e. The molecule has 0 aliphatic heterocycles. The number of nitrogens with zero attached hydrogens (tertiary/aromatic N) is 1. The average molecular weight is 378 g/mol. The highest BCUT2D eigenvalue weighted by molar-refractivity contribution is 5.43. The molecule has 0 bridgehead atoms. The zero-order chi connectivity index (χ0) is 19.6. The molecule has 0 saturated carbocycles. The molecule has 5 nitrogen and oxygen atoms in total. The summed E-state index contributed by atoms with van der Waals surface area (Å²) in [5.74, 6) is 2.16. The molecular weight excluding hydrogens is 352 g/mol. The second-order valence-electron chi connectivity index (χ2n) is 6.26. The topological polar surface area (TPSA) is 52.6 Å². The first-order valence-electron chi connectivity index (χ1n) is 9.41. The van der Waals surface area contributed by atoms with Crippen LogP contribution in [0.1, 0.15) is 23.6 Å². The maximum absolute atomic E-state index is 5.96. The second-order valence-corrected chi connectivity index (χ2v) is 6.26. The predicted molar refractivity (Wildman–Crippen MR) is 110 cm³/mol. The molecule has 3 aromatic rings. The number of hydrogen-bond acceptors (Lipinski definition) is 5. The lowest BCUT2D eigenvalue weighted by molar-refractivity contribution is 0.269. The van der Waals surface area contributed by atoms with E-state index in [2.05, 4.69) is 16.4 Å². The first-order valence-corrected chi connectivity index (χ1v) is 9.41. The van der Waals surface area contributed by atoms with E-state index in [0.29, 0.717) is 32.2 Å². The van der Waals surface area contributed by atoms with Gasteiger partial charge in [-0.2, -0.15) is 0 Å². The van der Waals surface area contributed by atoms with Crippen LogP contribution < -0.4 is 19.5 Å². The van der Waals surface area contributed by atoms with Crippen molar-refractivity contribution in [3.8, 4) is 17.4 Å². The molecule has 5 heteroatoms. The van der Waals surface area contributed by atoms with Crippen LogP contribution in [0.2, 0.25) is 0 Å². The Morgan fingerprint density at radius 1 is 0.857 bits per heavy atom. The Kier molecular flexibility index (Phi) is 7.27. The minimum atomic E-state index is 0.513. The van der Waals surface area contributed by atoms with E-state index < -0.39 is 0 Å². The highest BCUT2D eigenvalue weighted by Gasteiger charge is 2.08. The highest BCUT2D eigenvalue weighted by Crippen LogP contribution is 2.29. The van der Waals surface area contributed by atoms with Gasteiger partial charge in [0, 0.05) is 24.8 Å². The fourth-order valence-corrected chi connectivity index (χ4v) is 2.87. The van der Waals surface area contributed by atoms with Crippen LogP contribution in [-0.4, -0.2) is 18.7 Å². The van der Waals surface area contributed by atoms with Crippen LogP contribution in [0.5, 0.6) is 17.4 Å². The number of benzene rings is 2. The standard InChI is InChI=1S/C23H26N2O3/c1-3-27-22-14-19(15-24-16-20-10-7-13-25-23(20)26-2)11-12-21(22)28-17-18-8-5-4-6-9-18/h4-14,24H,3,15-17H2,1-2H3. The summed E-state index contributed by atoms with van der Waals surface area (Å²) in [5.41, 5.74) is 3.28. The van der Waals surface area contributed by atoms with E-state index in [-0.39, 0.29) is 0 Å². The molecule has 0 aliphatic carbocycles. The van der Waals surface area contributed by atoms with Gasteiger partial charge in [-0.1, -0.05) is 42.5 Å². The highest BCUT2D eigenvalue weighted by atomic mass is 16.5. The Labute approximate surface area is 166 Å². The Morgan fingerprint density at radius 3 is 2.50 bits per heavy atom. The van der Waals surface area contributed by atoms with Crippen molar-refractivity contribution in [1.29, 1.82) is 0 Å². The van der Waals surface area contributed by atoms with Gasteiger partial charge in [0.1, 0.15) is 6.61 Å². The van der Waals surface area contributed by atoms with Crippen LogP contribution >= 0.6 is 0 Å². The number of nitrogens with one attached hydrogen (secondary N) is 1. The van der Waals surface area contributed by atoms with Crippen molar-refractivity contribution in [2.75, 3.05) is 13.7 Å². The van der Waals surface area contributed by atoms with Gasteiger partial charge in [0.2, 0.25) is 5.88 Å². The van der Waals surface area contributed by atoms with Gasteiger partial charge in [0.15, 0.2) is 11.5 Å². The number of pyridine rings is 1. The van der Waals surface area contributed by atoms with Gasteiger partial charge in [-0.3, -0.25) is 0 Å². The number of ether oxygens (including phenoxy) is 3. The summed E-state index contributed by atoms with van der Waals surface area (Å²) in [5, 5.41) is 3.42. The summed E-state index contributed by atoms with van der Waals surface area (Å²) >= 11 is 0. The van der Waals surface area contributed by atoms with Gasteiger partial charge >= 0.3 is 0 Å². The molecule has 0 radical (unpaired) electrons. The normalized spacial score (nSPS) is 10.5. The van der Waals surface area contributed by atoms with E-state index in [1.165, 1.54) is 0 Å². The van der Waals surface area contributed by atoms with Crippen LogP contribution in [0.25, 0.3) is 0 Å². The molecule has 3 rings (SSSR count). The third-order valence-electron chi connectivity index (χ3n) is 4.23. The maximum atomic E-state index is 5.96. The molecule has 0 aliphatic rings. The third-order valence-corrected chi connectivity index (χ3v) is 4.23. The molecular formula is C23H26N2O3. The average Bonchev–Trinajstić information content (AvgIpc) is 2.74. The molecule has 0 unspecified atom stereocenters. The minimum Gasteiger partial charge on any atom is -0.490 e. The summed E-state index contributed by atoms with van der Waals surface area (Å²) < 4.78 is 17.0. The van der Waals surface area contributed by atoms with Crippen LogP contribution in [-0.2, 0) is 19.7 Å². The molecule has 1 heterocycles. The van der Waals surface area contributed by atoms with E-state index in [4.69, 9.17) is 14.2 Å². The van der Waals surface area contributed by atoms with Crippen LogP contribution in [0.15, 0.2) is 66.9 Å². The monoisotopic (exact) mass is 378 g/mol. The Morgan fingerprint density at radius 2 is 1.71 bits per heavy atom. The van der Waals surface area contributed by atoms with Gasteiger partial charge < -0.3 is 19.5 Å². The lowest BCUT2D eigenvalue weighted by Crippen LogP contribution is -2.14. The van der Waals surface area contributed by atoms with Crippen molar-refractivity contribution in [2.24, 2.45) is 0 Å². The summed E-state index contributed by atoms with van der Waals surface area (Å²) in [4.78, 5) is 4.22. The number of rotatable bonds is 10. The largest absolute Gasteiger partial charge is 0.490 e. The molecule has 0 atom stereocenters. The van der Waals surface area contributed by atoms with Crippen molar-refractivity contribution >= 4 is 0 Å². The number of aromatic nitrogens is 1. The van der Waals surface area contributed by atoms with Crippen molar-refractivity contribution in [1.82, 2.24) is 10.3 Å². The zero-order valence-corrected chi connectivity index (χ0v) is 16.4. The summed E-state index contributed by atoms with van der Waals surface area (Å²) in [6.45, 7) is 4.45. The SMILES string of the molecule is CCOc1cc(CNCc2cccnc2OC)ccc1OCc1ccccc1. The number of hydrogen-bond donors (Lipinski definition) is 1. The third kappa shape index (κ3) is 5.47. The molecule has 0 fully saturated rings. The summed E-state index contributed by atoms with van der Waals surface area (Å²) in [6.07, 6.45) is 1.73. The Balaban J connectivity index is 1.61. The first-order chi connectivity index (χ1) is 13.8. The van der Waals surface area contributed by atoms with E-state index in [0.717, 1.165) is 28.2 Å². The van der Waals surface area contributed by atoms with Gasteiger partial charge in [-0.05, 0) is 36.2 Å². The van der Waals surface area contributed by atoms with E-state index in [1.54, 1.807) is 13.3 Å². The molecule has 1 aromatic heterocycles. The lowest BCUT2D eigenvalue weighted by atomic mass is 10.2. The van der Waals surface area contributed by atoms with Crippen molar-refractivity contribution in [3.63, 3.8) is 0 Å². The molecule has 2 aromatic carbocycles. The first kappa shape index (κ1) is 19.7. The van der Waals surface area contributed by atoms with Gasteiger partial charge in [-0.25, -0.2) is 4.98 Å². The van der Waals surface area contributed by atoms with Crippen LogP contribution in [0.4, 0.5) is 0 Å². The van der Waals surface area contributed by atoms with Gasteiger partial charge in [0.25, 0.3) is 0 Å². The lowest BCUT2D eigenvalue weighted by Gasteiger charge is -2.14. The number of methoxy groups -OCH3 is 1. The quantitative estimate of drug-likeness (QED) is 0.568. The molecule has 0 saturated heterocycles. The predicted octanol–water partition coefficient (Wildman–Crippen LogP) is 4.36. The molecule has 146 valence electrons. The van der Waals surface area contributed by atoms with E-state index >= 15 is 0 Å². The molecule has 0 spiro atoms. The molecule has 28 heavy (non-hydrogen) atoms. The second kappa shape index (κ2) is 10.3. The van der Waals surface area contributed by atoms with Crippen LogP contribution in [0, 0.1) is 0 Å².